The van der Waals surface area contributed by atoms with Gasteiger partial charge in [-0.1, -0.05) is 146 Å². The number of nitrogens with zero attached hydrogens (tertiary/aromatic N) is 3. The highest BCUT2D eigenvalue weighted by molar-refractivity contribution is 6.15. The minimum atomic E-state index is -0.249. The zero-order valence-corrected chi connectivity index (χ0v) is 32.3. The molecule has 0 spiro atoms. The standard InChI is InChI=1S/C52H47N3/c1-6-8-22-44-36(4)26-31-49-50(44)47-25-16-24-46(51(47)55(49)37(5)54-52(35(3)7-2)53-34-38-17-11-9-10-12-18-38)40-21-15-20-39(27-28-40)41-29-30-43-32-42-19-13-14-23-45(42)48(43)33-41/h6-11,13-26,28-31,33-34,37H,1,12,27,32H2,2-5H3/b22-8-,35-7+,53-34?,54-52-. The van der Waals surface area contributed by atoms with Gasteiger partial charge in [0.1, 0.15) is 6.17 Å². The van der Waals surface area contributed by atoms with Gasteiger partial charge in [0, 0.05) is 22.6 Å². The van der Waals surface area contributed by atoms with E-state index in [1.54, 1.807) is 0 Å². The molecule has 0 bridgehead atoms. The molecular formula is C52H47N3. The van der Waals surface area contributed by atoms with E-state index in [2.05, 4.69) is 172 Å². The molecular weight excluding hydrogens is 667 g/mol. The van der Waals surface area contributed by atoms with Crippen LogP contribution >= 0.6 is 0 Å². The lowest BCUT2D eigenvalue weighted by Gasteiger charge is -2.17. The van der Waals surface area contributed by atoms with E-state index in [1.807, 2.05) is 25.3 Å². The first-order chi connectivity index (χ1) is 26.9. The average molecular weight is 714 g/mol. The Labute approximate surface area is 325 Å². The van der Waals surface area contributed by atoms with E-state index in [0.29, 0.717) is 0 Å². The summed E-state index contributed by atoms with van der Waals surface area (Å²) >= 11 is 0. The number of benzene rings is 4. The van der Waals surface area contributed by atoms with Gasteiger partial charge in [-0.3, -0.25) is 0 Å². The summed E-state index contributed by atoms with van der Waals surface area (Å²) in [5.41, 5.74) is 17.4. The van der Waals surface area contributed by atoms with Crippen LogP contribution in [0, 0.1) is 6.92 Å². The van der Waals surface area contributed by atoms with Crippen LogP contribution in [-0.4, -0.2) is 16.6 Å². The molecule has 5 aromatic rings. The van der Waals surface area contributed by atoms with Crippen LogP contribution in [0.2, 0.25) is 0 Å². The van der Waals surface area contributed by atoms with E-state index in [4.69, 9.17) is 9.98 Å². The summed E-state index contributed by atoms with van der Waals surface area (Å²) < 4.78 is 2.42. The van der Waals surface area contributed by atoms with Gasteiger partial charge in [0.05, 0.1) is 11.0 Å². The van der Waals surface area contributed by atoms with Crippen LogP contribution in [0.15, 0.2) is 173 Å². The van der Waals surface area contributed by atoms with Gasteiger partial charge in [0.25, 0.3) is 0 Å². The Morgan fingerprint density at radius 1 is 0.891 bits per heavy atom. The number of fused-ring (bicyclic) bond motifs is 6. The minimum absolute atomic E-state index is 0.249. The van der Waals surface area contributed by atoms with Crippen LogP contribution in [0.4, 0.5) is 0 Å². The van der Waals surface area contributed by atoms with Crippen molar-refractivity contribution in [2.24, 2.45) is 9.98 Å². The number of aliphatic imine (C=N–C) groups is 2. The quantitative estimate of drug-likeness (QED) is 0.0854. The van der Waals surface area contributed by atoms with Crippen molar-refractivity contribution in [1.82, 2.24) is 4.57 Å². The Hall–Kier alpha value is -6.32. The predicted octanol–water partition coefficient (Wildman–Crippen LogP) is 13.7. The lowest BCUT2D eigenvalue weighted by molar-refractivity contribution is 0.612. The maximum Gasteiger partial charge on any atom is 0.151 e. The van der Waals surface area contributed by atoms with E-state index in [0.717, 1.165) is 41.8 Å². The first kappa shape index (κ1) is 35.7. The van der Waals surface area contributed by atoms with Crippen LogP contribution in [-0.2, 0) is 6.42 Å². The van der Waals surface area contributed by atoms with Crippen LogP contribution in [0.1, 0.15) is 73.2 Å². The number of rotatable bonds is 8. The largest absolute Gasteiger partial charge is 0.317 e. The molecule has 3 aliphatic rings. The molecule has 1 heterocycles. The Balaban J connectivity index is 1.25. The van der Waals surface area contributed by atoms with E-state index in [9.17, 15) is 0 Å². The van der Waals surface area contributed by atoms with E-state index in [-0.39, 0.29) is 6.17 Å². The molecule has 3 heteroatoms. The maximum absolute atomic E-state index is 5.38. The molecule has 1 unspecified atom stereocenters. The summed E-state index contributed by atoms with van der Waals surface area (Å²) in [6.07, 6.45) is 32.3. The van der Waals surface area contributed by atoms with Gasteiger partial charge in [-0.2, -0.15) is 0 Å². The number of para-hydroxylation sites is 1. The molecule has 0 fully saturated rings. The number of hydrogen-bond acceptors (Lipinski definition) is 1. The second kappa shape index (κ2) is 15.6. The van der Waals surface area contributed by atoms with Crippen molar-refractivity contribution in [2.75, 3.05) is 0 Å². The van der Waals surface area contributed by atoms with E-state index < -0.39 is 0 Å². The summed E-state index contributed by atoms with van der Waals surface area (Å²) in [5, 5.41) is 2.43. The second-order valence-electron chi connectivity index (χ2n) is 14.5. The van der Waals surface area contributed by atoms with Crippen LogP contribution in [0.3, 0.4) is 0 Å². The highest BCUT2D eigenvalue weighted by Gasteiger charge is 2.23. The van der Waals surface area contributed by atoms with Gasteiger partial charge >= 0.3 is 0 Å². The highest BCUT2D eigenvalue weighted by atomic mass is 15.2. The first-order valence-electron chi connectivity index (χ1n) is 19.4. The molecule has 1 atom stereocenters. The van der Waals surface area contributed by atoms with E-state index in [1.165, 1.54) is 71.9 Å². The van der Waals surface area contributed by atoms with Gasteiger partial charge < -0.3 is 4.57 Å². The average Bonchev–Trinajstić information content (AvgIpc) is 3.46. The third-order valence-electron chi connectivity index (χ3n) is 11.1. The van der Waals surface area contributed by atoms with Gasteiger partial charge in [-0.05, 0) is 120 Å². The topological polar surface area (TPSA) is 29.6 Å². The molecule has 0 N–H and O–H groups in total. The van der Waals surface area contributed by atoms with Crippen molar-refractivity contribution in [3.05, 3.63) is 197 Å². The number of aromatic nitrogens is 1. The SMILES string of the molecule is C=C/C=C\c1c(C)ccc2c1c1cccc(C3=CCC(c4ccc5c(c4)-c4ccccc4C5)=CC=C3)c1n2C(C)/N=C(N=CC1=CCC=CC=C1)/C(C)=C/C. The summed E-state index contributed by atoms with van der Waals surface area (Å²) in [5.74, 6) is 0.729. The number of allylic oxidation sites excluding steroid dienone is 15. The molecule has 3 aliphatic carbocycles. The third kappa shape index (κ3) is 6.95. The smallest absolute Gasteiger partial charge is 0.151 e. The molecule has 0 radical (unpaired) electrons. The van der Waals surface area contributed by atoms with E-state index >= 15 is 0 Å². The lowest BCUT2D eigenvalue weighted by Crippen LogP contribution is -2.08. The summed E-state index contributed by atoms with van der Waals surface area (Å²) in [6, 6.07) is 27.0. The third-order valence-corrected chi connectivity index (χ3v) is 11.1. The van der Waals surface area contributed by atoms with Crippen LogP contribution in [0.5, 0.6) is 0 Å². The monoisotopic (exact) mass is 713 g/mol. The Morgan fingerprint density at radius 2 is 1.75 bits per heavy atom. The normalized spacial score (nSPS) is 16.3. The molecule has 270 valence electrons. The van der Waals surface area contributed by atoms with Crippen LogP contribution in [0.25, 0.3) is 50.2 Å². The van der Waals surface area contributed by atoms with Gasteiger partial charge in [-0.15, -0.1) is 0 Å². The minimum Gasteiger partial charge on any atom is -0.317 e. The van der Waals surface area contributed by atoms with Crippen molar-refractivity contribution in [2.45, 2.75) is 53.1 Å². The molecule has 4 aromatic carbocycles. The summed E-state index contributed by atoms with van der Waals surface area (Å²) in [7, 11) is 0. The first-order valence-corrected chi connectivity index (χ1v) is 19.4. The summed E-state index contributed by atoms with van der Waals surface area (Å²) in [6.45, 7) is 12.5. The number of aryl methyl sites for hydroxylation is 1. The highest BCUT2D eigenvalue weighted by Crippen LogP contribution is 2.42. The Morgan fingerprint density at radius 3 is 2.62 bits per heavy atom. The fraction of sp³-hybridized carbons (Fsp3) is 0.154. The molecule has 55 heavy (non-hydrogen) atoms. The molecule has 0 saturated carbocycles. The number of hydrogen-bond donors (Lipinski definition) is 0. The lowest BCUT2D eigenvalue weighted by atomic mass is 9.95. The zero-order chi connectivity index (χ0) is 37.9. The van der Waals surface area contributed by atoms with Crippen molar-refractivity contribution in [3.8, 4) is 11.1 Å². The van der Waals surface area contributed by atoms with Gasteiger partial charge in [0.2, 0.25) is 0 Å². The number of amidine groups is 1. The molecule has 0 amide bonds. The predicted molar refractivity (Wildman–Crippen MR) is 239 cm³/mol. The fourth-order valence-corrected chi connectivity index (χ4v) is 8.11. The van der Waals surface area contributed by atoms with Crippen molar-refractivity contribution >= 4 is 51.1 Å². The van der Waals surface area contributed by atoms with Crippen molar-refractivity contribution < 1.29 is 0 Å². The molecule has 8 rings (SSSR count). The van der Waals surface area contributed by atoms with Gasteiger partial charge in [0.15, 0.2) is 5.84 Å². The summed E-state index contributed by atoms with van der Waals surface area (Å²) in [4.78, 5) is 10.4. The Bertz CT molecular complexity index is 2670. The molecule has 3 nitrogen and oxygen atoms in total. The Kier molecular flexibility index (Phi) is 10.1. The fourth-order valence-electron chi connectivity index (χ4n) is 8.11. The van der Waals surface area contributed by atoms with Gasteiger partial charge in [-0.25, -0.2) is 9.98 Å². The maximum atomic E-state index is 5.38. The van der Waals surface area contributed by atoms with Crippen molar-refractivity contribution in [1.29, 1.82) is 0 Å². The van der Waals surface area contributed by atoms with Crippen LogP contribution < -0.4 is 0 Å². The molecule has 0 saturated heterocycles. The zero-order valence-electron chi connectivity index (χ0n) is 32.3. The second-order valence-corrected chi connectivity index (χ2v) is 14.5. The molecule has 0 aliphatic heterocycles. The molecule has 1 aromatic heterocycles. The van der Waals surface area contributed by atoms with Crippen molar-refractivity contribution in [3.63, 3.8) is 0 Å².